The summed E-state index contributed by atoms with van der Waals surface area (Å²) in [4.78, 5) is 54.0. The van der Waals surface area contributed by atoms with Gasteiger partial charge >= 0.3 is 6.09 Å². The number of halogens is 1. The Balaban J connectivity index is 1.28. The number of hydrogen-bond acceptors (Lipinski definition) is 9. The fourth-order valence-corrected chi connectivity index (χ4v) is 6.34. The fourth-order valence-electron chi connectivity index (χ4n) is 4.46. The molecule has 4 aromatic rings. The standard InChI is InChI=1S/C27H21ClN4O6S2/c28-16-5-7-19-20(14-16)25(33)23-18-8-6-17(32(36)37)15-21(18)26(34)31(24(19)23)11-3-10-30-27(35)38-12-13-39-40-22-4-1-2-9-29-22/h1-2,4-9,14-15H,3,10-13H2,(H,30,35). The number of ketones is 1. The monoisotopic (exact) mass is 596 g/mol. The molecule has 2 aromatic carbocycles. The minimum absolute atomic E-state index is 0.0774. The van der Waals surface area contributed by atoms with E-state index in [2.05, 4.69) is 10.3 Å². The highest BCUT2D eigenvalue weighted by molar-refractivity contribution is 8.76. The molecule has 0 aliphatic heterocycles. The summed E-state index contributed by atoms with van der Waals surface area (Å²) in [5.74, 6) is 0.275. The van der Waals surface area contributed by atoms with Gasteiger partial charge in [-0.05, 0) is 47.5 Å². The van der Waals surface area contributed by atoms with Gasteiger partial charge in [-0.1, -0.05) is 34.5 Å². The van der Waals surface area contributed by atoms with E-state index in [-0.39, 0.29) is 36.6 Å². The molecule has 204 valence electrons. The number of fused-ring (bicyclic) bond motifs is 5. The Hall–Kier alpha value is -3.87. The molecule has 5 rings (SSSR count). The van der Waals surface area contributed by atoms with E-state index in [4.69, 9.17) is 16.3 Å². The average molecular weight is 597 g/mol. The molecular formula is C27H21ClN4O6S2. The highest BCUT2D eigenvalue weighted by Gasteiger charge is 2.33. The zero-order valence-electron chi connectivity index (χ0n) is 20.8. The second-order valence-electron chi connectivity index (χ2n) is 8.68. The van der Waals surface area contributed by atoms with Gasteiger partial charge in [0.25, 0.3) is 11.2 Å². The first kappa shape index (κ1) is 27.7. The van der Waals surface area contributed by atoms with Crippen LogP contribution in [0.15, 0.2) is 70.6 Å². The van der Waals surface area contributed by atoms with Crippen LogP contribution in [0.3, 0.4) is 0 Å². The third-order valence-corrected chi connectivity index (χ3v) is 8.65. The van der Waals surface area contributed by atoms with Crippen LogP contribution in [0.2, 0.25) is 5.02 Å². The van der Waals surface area contributed by atoms with Crippen LogP contribution < -0.4 is 10.9 Å². The Kier molecular flexibility index (Phi) is 8.38. The van der Waals surface area contributed by atoms with Crippen LogP contribution in [0, 0.1) is 10.1 Å². The Bertz CT molecular complexity index is 1700. The Morgan fingerprint density at radius 3 is 2.73 bits per heavy atom. The molecular weight excluding hydrogens is 576 g/mol. The number of rotatable bonds is 10. The van der Waals surface area contributed by atoms with E-state index in [0.29, 0.717) is 45.0 Å². The maximum atomic E-state index is 13.6. The molecule has 1 aliphatic rings. The van der Waals surface area contributed by atoms with Crippen LogP contribution in [-0.4, -0.2) is 45.3 Å². The first-order valence-corrected chi connectivity index (χ1v) is 14.9. The van der Waals surface area contributed by atoms with Crippen LogP contribution in [-0.2, 0) is 11.3 Å². The van der Waals surface area contributed by atoms with Gasteiger partial charge in [-0.3, -0.25) is 19.7 Å². The lowest BCUT2D eigenvalue weighted by Gasteiger charge is -2.15. The second-order valence-corrected chi connectivity index (χ2v) is 11.5. The van der Waals surface area contributed by atoms with Crippen LogP contribution >= 0.6 is 33.2 Å². The molecule has 13 heteroatoms. The number of carbonyl (C=O) groups is 2. The van der Waals surface area contributed by atoms with Crippen LogP contribution in [0.4, 0.5) is 10.5 Å². The van der Waals surface area contributed by atoms with E-state index < -0.39 is 16.6 Å². The van der Waals surface area contributed by atoms with Crippen molar-refractivity contribution in [2.75, 3.05) is 18.9 Å². The van der Waals surface area contributed by atoms with E-state index in [1.807, 2.05) is 18.2 Å². The fraction of sp³-hybridized carbons (Fsp3) is 0.185. The minimum atomic E-state index is -0.585. The number of pyridine rings is 2. The van der Waals surface area contributed by atoms with Crippen molar-refractivity contribution in [1.82, 2.24) is 14.9 Å². The summed E-state index contributed by atoms with van der Waals surface area (Å²) in [5, 5.41) is 15.7. The zero-order valence-corrected chi connectivity index (χ0v) is 23.2. The maximum Gasteiger partial charge on any atom is 0.407 e. The highest BCUT2D eigenvalue weighted by Crippen LogP contribution is 2.41. The van der Waals surface area contributed by atoms with Crippen molar-refractivity contribution in [3.63, 3.8) is 0 Å². The first-order chi connectivity index (χ1) is 19.3. The smallest absolute Gasteiger partial charge is 0.407 e. The van der Waals surface area contributed by atoms with Gasteiger partial charge in [0, 0.05) is 58.7 Å². The van der Waals surface area contributed by atoms with Crippen molar-refractivity contribution in [3.8, 4) is 11.3 Å². The molecule has 40 heavy (non-hydrogen) atoms. The van der Waals surface area contributed by atoms with Gasteiger partial charge in [0.2, 0.25) is 0 Å². The van der Waals surface area contributed by atoms with Crippen molar-refractivity contribution in [2.45, 2.75) is 18.0 Å². The zero-order chi connectivity index (χ0) is 28.2. The number of benzene rings is 2. The molecule has 2 heterocycles. The number of non-ortho nitro benzene ring substituents is 1. The molecule has 0 fully saturated rings. The topological polar surface area (TPSA) is 133 Å². The first-order valence-electron chi connectivity index (χ1n) is 12.2. The predicted octanol–water partition coefficient (Wildman–Crippen LogP) is 5.73. The molecule has 0 unspecified atom stereocenters. The quantitative estimate of drug-likeness (QED) is 0.0928. The third-order valence-electron chi connectivity index (χ3n) is 6.18. The predicted molar refractivity (Wildman–Crippen MR) is 155 cm³/mol. The number of nitrogens with zero attached hydrogens (tertiary/aromatic N) is 3. The summed E-state index contributed by atoms with van der Waals surface area (Å²) < 4.78 is 6.64. The molecule has 1 N–H and O–H groups in total. The summed E-state index contributed by atoms with van der Waals surface area (Å²) in [6.07, 6.45) is 1.48. The van der Waals surface area contributed by atoms with Gasteiger partial charge in [0.15, 0.2) is 5.78 Å². The number of amides is 1. The van der Waals surface area contributed by atoms with Gasteiger partial charge in [-0.15, -0.1) is 0 Å². The summed E-state index contributed by atoms with van der Waals surface area (Å²) in [5.41, 5.74) is 0.960. The van der Waals surface area contributed by atoms with Crippen molar-refractivity contribution in [2.24, 2.45) is 0 Å². The third kappa shape index (κ3) is 5.69. The lowest BCUT2D eigenvalue weighted by molar-refractivity contribution is -0.384. The van der Waals surface area contributed by atoms with Gasteiger partial charge in [-0.25, -0.2) is 9.78 Å². The number of aromatic nitrogens is 2. The van der Waals surface area contributed by atoms with Crippen LogP contribution in [0.1, 0.15) is 22.3 Å². The van der Waals surface area contributed by atoms with Gasteiger partial charge in [0.05, 0.1) is 21.6 Å². The van der Waals surface area contributed by atoms with E-state index in [1.54, 1.807) is 24.4 Å². The van der Waals surface area contributed by atoms with Crippen molar-refractivity contribution in [3.05, 3.63) is 97.4 Å². The molecule has 2 aromatic heterocycles. The molecule has 0 atom stereocenters. The van der Waals surface area contributed by atoms with Crippen molar-refractivity contribution < 1.29 is 19.2 Å². The summed E-state index contributed by atoms with van der Waals surface area (Å²) >= 11 is 6.14. The normalized spacial score (nSPS) is 11.8. The number of nitro benzene ring substituents is 1. The summed E-state index contributed by atoms with van der Waals surface area (Å²) in [7, 11) is 3.01. The Morgan fingerprint density at radius 1 is 1.10 bits per heavy atom. The van der Waals surface area contributed by atoms with Gasteiger partial charge < -0.3 is 14.6 Å². The van der Waals surface area contributed by atoms with Crippen molar-refractivity contribution in [1.29, 1.82) is 0 Å². The number of nitro groups is 1. The number of alkyl carbamates (subject to hydrolysis) is 1. The molecule has 1 aliphatic carbocycles. The van der Waals surface area contributed by atoms with Crippen LogP contribution in [0.25, 0.3) is 22.0 Å². The lowest BCUT2D eigenvalue weighted by Crippen LogP contribution is -2.29. The Morgan fingerprint density at radius 2 is 1.95 bits per heavy atom. The van der Waals surface area contributed by atoms with Gasteiger partial charge in [-0.2, -0.15) is 0 Å². The Labute approximate surface area is 240 Å². The molecule has 0 bridgehead atoms. The average Bonchev–Trinajstić information content (AvgIpc) is 3.24. The van der Waals surface area contributed by atoms with Crippen molar-refractivity contribution >= 4 is 61.5 Å². The van der Waals surface area contributed by atoms with E-state index in [0.717, 1.165) is 5.03 Å². The second kappa shape index (κ2) is 12.1. The highest BCUT2D eigenvalue weighted by atomic mass is 35.5. The SMILES string of the molecule is O=C(NCCCn1c2c(c3ccc([N+](=O)[O-])cc3c1=O)C(=O)c1cc(Cl)ccc1-2)OCCSSc1ccccn1. The largest absolute Gasteiger partial charge is 0.449 e. The molecule has 1 amide bonds. The lowest BCUT2D eigenvalue weighted by atomic mass is 10.0. The van der Waals surface area contributed by atoms with Gasteiger partial charge in [0.1, 0.15) is 11.6 Å². The molecule has 0 saturated carbocycles. The number of hydrogen-bond donors (Lipinski definition) is 1. The van der Waals surface area contributed by atoms with E-state index >= 15 is 0 Å². The number of ether oxygens (including phenoxy) is 1. The van der Waals surface area contributed by atoms with Crippen LogP contribution in [0.5, 0.6) is 0 Å². The molecule has 0 saturated heterocycles. The maximum absolute atomic E-state index is 13.6. The number of nitrogens with one attached hydrogen (secondary N) is 1. The minimum Gasteiger partial charge on any atom is -0.449 e. The molecule has 10 nitrogen and oxygen atoms in total. The molecule has 0 radical (unpaired) electrons. The number of carbonyl (C=O) groups excluding carboxylic acids is 2. The molecule has 0 spiro atoms. The van der Waals surface area contributed by atoms with E-state index in [9.17, 15) is 24.5 Å². The summed E-state index contributed by atoms with van der Waals surface area (Å²) in [6, 6.07) is 14.4. The summed E-state index contributed by atoms with van der Waals surface area (Å²) in [6.45, 7) is 0.588. The van der Waals surface area contributed by atoms with E-state index in [1.165, 1.54) is 44.4 Å².